The fourth-order valence-electron chi connectivity index (χ4n) is 2.65. The first-order chi connectivity index (χ1) is 8.65. The van der Waals surface area contributed by atoms with Crippen molar-refractivity contribution in [3.63, 3.8) is 0 Å². The lowest BCUT2D eigenvalue weighted by Crippen LogP contribution is -2.39. The lowest BCUT2D eigenvalue weighted by molar-refractivity contribution is 0.0858. The van der Waals surface area contributed by atoms with Crippen LogP contribution in [0.2, 0.25) is 0 Å². The number of ketones is 1. The fraction of sp³-hybridized carbons (Fsp3) is 0.692. The monoisotopic (exact) mass is 313 g/mol. The van der Waals surface area contributed by atoms with Crippen LogP contribution in [0.4, 0.5) is 0 Å². The number of nitrogens with two attached hydrogens (primary N) is 1. The van der Waals surface area contributed by atoms with E-state index >= 15 is 0 Å². The molecule has 0 aromatic carbocycles. The molecule has 0 saturated heterocycles. The molecule has 0 spiro atoms. The molecule has 1 aromatic rings. The third-order valence-corrected chi connectivity index (χ3v) is 4.20. The van der Waals surface area contributed by atoms with Crippen molar-refractivity contribution < 1.29 is 4.79 Å². The van der Waals surface area contributed by atoms with Gasteiger partial charge in [0.2, 0.25) is 0 Å². The summed E-state index contributed by atoms with van der Waals surface area (Å²) in [5.41, 5.74) is 6.79. The zero-order chi connectivity index (χ0) is 13.1. The molecule has 0 aliphatic heterocycles. The smallest absolute Gasteiger partial charge is 0.186 e. The largest absolute Gasteiger partial charge is 0.327 e. The molecule has 0 amide bonds. The molecule has 100 valence electrons. The lowest BCUT2D eigenvalue weighted by Gasteiger charge is -2.27. The molecule has 1 aliphatic carbocycles. The van der Waals surface area contributed by atoms with Gasteiger partial charge in [-0.15, -0.1) is 0 Å². The van der Waals surface area contributed by atoms with Gasteiger partial charge in [-0.1, -0.05) is 19.8 Å². The normalized spacial score (nSPS) is 24.2. The fourth-order valence-corrected chi connectivity index (χ4v) is 3.14. The Morgan fingerprint density at radius 2 is 2.28 bits per heavy atom. The number of aromatic nitrogens is 2. The van der Waals surface area contributed by atoms with E-state index in [0.717, 1.165) is 43.1 Å². The van der Waals surface area contributed by atoms with Crippen LogP contribution >= 0.6 is 15.9 Å². The molecule has 1 heterocycles. The summed E-state index contributed by atoms with van der Waals surface area (Å²) in [6.45, 7) is 2.85. The number of aryl methyl sites for hydroxylation is 1. The first-order valence-electron chi connectivity index (χ1n) is 6.66. The Hall–Kier alpha value is -0.680. The van der Waals surface area contributed by atoms with E-state index in [1.165, 1.54) is 0 Å². The molecule has 2 atom stereocenters. The summed E-state index contributed by atoms with van der Waals surface area (Å²) in [7, 11) is 0. The van der Waals surface area contributed by atoms with Crippen LogP contribution in [0, 0.1) is 5.92 Å². The van der Waals surface area contributed by atoms with E-state index in [0.29, 0.717) is 5.69 Å². The van der Waals surface area contributed by atoms with Gasteiger partial charge < -0.3 is 5.73 Å². The minimum atomic E-state index is -0.0395. The van der Waals surface area contributed by atoms with Crippen molar-refractivity contribution in [1.82, 2.24) is 9.78 Å². The van der Waals surface area contributed by atoms with Crippen LogP contribution in [0.25, 0.3) is 0 Å². The summed E-state index contributed by atoms with van der Waals surface area (Å²) in [4.78, 5) is 12.6. The molecule has 2 N–H and O–H groups in total. The summed E-state index contributed by atoms with van der Waals surface area (Å²) in [6.07, 6.45) is 6.77. The second-order valence-electron chi connectivity index (χ2n) is 4.98. The first kappa shape index (κ1) is 13.7. The minimum Gasteiger partial charge on any atom is -0.327 e. The maximum atomic E-state index is 12.6. The Balaban J connectivity index is 2.24. The third-order valence-electron chi connectivity index (χ3n) is 3.62. The second kappa shape index (κ2) is 5.97. The van der Waals surface area contributed by atoms with Crippen molar-refractivity contribution in [2.75, 3.05) is 0 Å². The number of rotatable bonds is 4. The van der Waals surface area contributed by atoms with E-state index in [2.05, 4.69) is 28.0 Å². The number of hydrogen-bond donors (Lipinski definition) is 1. The molecule has 0 bridgehead atoms. The van der Waals surface area contributed by atoms with Gasteiger partial charge in [0.15, 0.2) is 5.78 Å². The topological polar surface area (TPSA) is 60.9 Å². The molecular weight excluding hydrogens is 294 g/mol. The summed E-state index contributed by atoms with van der Waals surface area (Å²) >= 11 is 3.43. The quantitative estimate of drug-likeness (QED) is 0.869. The van der Waals surface area contributed by atoms with Gasteiger partial charge in [0, 0.05) is 18.5 Å². The van der Waals surface area contributed by atoms with Crippen molar-refractivity contribution in [2.45, 2.75) is 51.6 Å². The van der Waals surface area contributed by atoms with Crippen LogP contribution in [0.1, 0.15) is 49.5 Å². The number of carbonyl (C=O) groups excluding carboxylic acids is 1. The van der Waals surface area contributed by atoms with E-state index in [9.17, 15) is 4.79 Å². The SMILES string of the molecule is CCCn1ncc(Br)c1C(=O)C1CCCCC1N. The van der Waals surface area contributed by atoms with Gasteiger partial charge >= 0.3 is 0 Å². The van der Waals surface area contributed by atoms with Crippen LogP contribution in [-0.2, 0) is 6.54 Å². The molecule has 1 saturated carbocycles. The van der Waals surface area contributed by atoms with Crippen molar-refractivity contribution in [3.8, 4) is 0 Å². The van der Waals surface area contributed by atoms with Crippen LogP contribution in [0.5, 0.6) is 0 Å². The number of halogens is 1. The molecule has 4 nitrogen and oxygen atoms in total. The summed E-state index contributed by atoms with van der Waals surface area (Å²) in [5, 5.41) is 4.25. The zero-order valence-electron chi connectivity index (χ0n) is 10.7. The highest BCUT2D eigenvalue weighted by Crippen LogP contribution is 2.29. The highest BCUT2D eigenvalue weighted by Gasteiger charge is 2.32. The van der Waals surface area contributed by atoms with E-state index in [1.54, 1.807) is 10.9 Å². The molecule has 2 unspecified atom stereocenters. The van der Waals surface area contributed by atoms with E-state index in [-0.39, 0.29) is 17.7 Å². The summed E-state index contributed by atoms with van der Waals surface area (Å²) in [5.74, 6) is 0.113. The van der Waals surface area contributed by atoms with Gasteiger partial charge in [-0.2, -0.15) is 5.10 Å². The predicted molar refractivity (Wildman–Crippen MR) is 74.5 cm³/mol. The average molecular weight is 314 g/mol. The Bertz CT molecular complexity index is 430. The van der Waals surface area contributed by atoms with Crippen molar-refractivity contribution in [2.24, 2.45) is 11.7 Å². The van der Waals surface area contributed by atoms with Gasteiger partial charge in [-0.3, -0.25) is 9.48 Å². The van der Waals surface area contributed by atoms with Crippen molar-refractivity contribution in [1.29, 1.82) is 0 Å². The van der Waals surface area contributed by atoms with Crippen molar-refractivity contribution >= 4 is 21.7 Å². The molecular formula is C13H20BrN3O. The highest BCUT2D eigenvalue weighted by molar-refractivity contribution is 9.10. The lowest BCUT2D eigenvalue weighted by atomic mass is 9.81. The predicted octanol–water partition coefficient (Wildman–Crippen LogP) is 2.76. The number of hydrogen-bond acceptors (Lipinski definition) is 3. The number of Topliss-reactive ketones (excluding diaryl/α,β-unsaturated/α-hetero) is 1. The average Bonchev–Trinajstić information content (AvgIpc) is 2.71. The molecule has 0 radical (unpaired) electrons. The van der Waals surface area contributed by atoms with Crippen LogP contribution < -0.4 is 5.73 Å². The highest BCUT2D eigenvalue weighted by atomic mass is 79.9. The van der Waals surface area contributed by atoms with Crippen molar-refractivity contribution in [3.05, 3.63) is 16.4 Å². The van der Waals surface area contributed by atoms with Crippen LogP contribution in [0.3, 0.4) is 0 Å². The van der Waals surface area contributed by atoms with Gasteiger partial charge in [0.05, 0.1) is 10.7 Å². The Kier molecular flexibility index (Phi) is 4.56. The van der Waals surface area contributed by atoms with Crippen LogP contribution in [-0.4, -0.2) is 21.6 Å². The third kappa shape index (κ3) is 2.67. The van der Waals surface area contributed by atoms with E-state index in [1.807, 2.05) is 0 Å². The van der Waals surface area contributed by atoms with Gasteiger partial charge in [0.25, 0.3) is 0 Å². The maximum Gasteiger partial charge on any atom is 0.186 e. The molecule has 1 aliphatic rings. The molecule has 1 aromatic heterocycles. The molecule has 1 fully saturated rings. The summed E-state index contributed by atoms with van der Waals surface area (Å²) in [6, 6.07) is 0.00289. The van der Waals surface area contributed by atoms with Gasteiger partial charge in [0.1, 0.15) is 5.69 Å². The standard InChI is InChI=1S/C13H20BrN3O/c1-2-7-17-12(10(14)8-16-17)13(18)9-5-3-4-6-11(9)15/h8-9,11H,2-7,15H2,1H3. The van der Waals surface area contributed by atoms with Gasteiger partial charge in [-0.25, -0.2) is 0 Å². The first-order valence-corrected chi connectivity index (χ1v) is 7.45. The number of nitrogens with zero attached hydrogens (tertiary/aromatic N) is 2. The molecule has 18 heavy (non-hydrogen) atoms. The van der Waals surface area contributed by atoms with E-state index < -0.39 is 0 Å². The minimum absolute atomic E-state index is 0.00289. The molecule has 5 heteroatoms. The number of carbonyl (C=O) groups is 1. The zero-order valence-corrected chi connectivity index (χ0v) is 12.3. The Labute approximate surface area is 116 Å². The Morgan fingerprint density at radius 1 is 1.56 bits per heavy atom. The molecule has 2 rings (SSSR count). The van der Waals surface area contributed by atoms with Gasteiger partial charge in [-0.05, 0) is 35.2 Å². The maximum absolute atomic E-state index is 12.6. The van der Waals surface area contributed by atoms with E-state index in [4.69, 9.17) is 5.73 Å². The summed E-state index contributed by atoms with van der Waals surface area (Å²) < 4.78 is 2.59. The Morgan fingerprint density at radius 3 is 2.94 bits per heavy atom. The second-order valence-corrected chi connectivity index (χ2v) is 5.84. The van der Waals surface area contributed by atoms with Crippen LogP contribution in [0.15, 0.2) is 10.7 Å².